The van der Waals surface area contributed by atoms with Crippen molar-refractivity contribution in [2.45, 2.75) is 39.4 Å². The number of ether oxygens (including phenoxy) is 2. The molecule has 17 heavy (non-hydrogen) atoms. The van der Waals surface area contributed by atoms with Crippen LogP contribution in [0.2, 0.25) is 0 Å². The Balaban J connectivity index is 3.09. The van der Waals surface area contributed by atoms with E-state index in [9.17, 15) is 5.11 Å². The van der Waals surface area contributed by atoms with E-state index in [4.69, 9.17) is 9.47 Å². The van der Waals surface area contributed by atoms with Gasteiger partial charge in [-0.2, -0.15) is 0 Å². The van der Waals surface area contributed by atoms with Gasteiger partial charge in [0.15, 0.2) is 0 Å². The van der Waals surface area contributed by atoms with Crippen LogP contribution in [0.5, 0.6) is 5.75 Å². The van der Waals surface area contributed by atoms with Gasteiger partial charge in [0.1, 0.15) is 11.9 Å². The molecule has 0 aliphatic rings. The fourth-order valence-corrected chi connectivity index (χ4v) is 2.07. The standard InChI is InChI=1S/C14H22O3/c1-6-12(16-4)14(15)11-7-10(3)13(17-5)8-9(11)2/h7-8,12,14-15H,6H2,1-5H3. The number of hydrogen-bond donors (Lipinski definition) is 1. The molecule has 1 rings (SSSR count). The number of benzene rings is 1. The van der Waals surface area contributed by atoms with Crippen LogP contribution in [0.1, 0.15) is 36.1 Å². The number of methoxy groups -OCH3 is 2. The Morgan fingerprint density at radius 1 is 1.18 bits per heavy atom. The fourth-order valence-electron chi connectivity index (χ4n) is 2.07. The topological polar surface area (TPSA) is 38.7 Å². The van der Waals surface area contributed by atoms with Gasteiger partial charge in [-0.15, -0.1) is 0 Å². The molecule has 0 heterocycles. The quantitative estimate of drug-likeness (QED) is 0.857. The van der Waals surface area contributed by atoms with Gasteiger partial charge in [-0.25, -0.2) is 0 Å². The Labute approximate surface area is 103 Å². The van der Waals surface area contributed by atoms with Crippen molar-refractivity contribution >= 4 is 0 Å². The highest BCUT2D eigenvalue weighted by Gasteiger charge is 2.21. The third-order valence-electron chi connectivity index (χ3n) is 3.16. The maximum Gasteiger partial charge on any atom is 0.122 e. The molecule has 0 amide bonds. The van der Waals surface area contributed by atoms with Crippen LogP contribution in [0.3, 0.4) is 0 Å². The molecular formula is C14H22O3. The van der Waals surface area contributed by atoms with Crippen molar-refractivity contribution in [3.8, 4) is 5.75 Å². The first-order valence-electron chi connectivity index (χ1n) is 5.91. The van der Waals surface area contributed by atoms with Crippen LogP contribution < -0.4 is 4.74 Å². The summed E-state index contributed by atoms with van der Waals surface area (Å²) in [6.45, 7) is 5.95. The van der Waals surface area contributed by atoms with Crippen molar-refractivity contribution in [3.63, 3.8) is 0 Å². The fraction of sp³-hybridized carbons (Fsp3) is 0.571. The molecule has 2 unspecified atom stereocenters. The van der Waals surface area contributed by atoms with Crippen molar-refractivity contribution in [3.05, 3.63) is 28.8 Å². The van der Waals surface area contributed by atoms with Crippen molar-refractivity contribution in [1.29, 1.82) is 0 Å². The van der Waals surface area contributed by atoms with Crippen LogP contribution in [0.25, 0.3) is 0 Å². The van der Waals surface area contributed by atoms with Crippen molar-refractivity contribution in [1.82, 2.24) is 0 Å². The summed E-state index contributed by atoms with van der Waals surface area (Å²) in [5.41, 5.74) is 2.96. The minimum atomic E-state index is -0.588. The molecule has 0 aliphatic heterocycles. The second-order valence-electron chi connectivity index (χ2n) is 4.31. The monoisotopic (exact) mass is 238 g/mol. The van der Waals surface area contributed by atoms with E-state index < -0.39 is 6.10 Å². The van der Waals surface area contributed by atoms with Gasteiger partial charge in [-0.1, -0.05) is 6.92 Å². The minimum absolute atomic E-state index is 0.165. The van der Waals surface area contributed by atoms with E-state index in [2.05, 4.69) is 0 Å². The Hall–Kier alpha value is -1.06. The van der Waals surface area contributed by atoms with E-state index >= 15 is 0 Å². The molecule has 0 radical (unpaired) electrons. The van der Waals surface area contributed by atoms with E-state index in [1.54, 1.807) is 14.2 Å². The molecule has 0 bridgehead atoms. The van der Waals surface area contributed by atoms with E-state index in [1.807, 2.05) is 32.9 Å². The molecule has 0 saturated heterocycles. The molecule has 1 aromatic carbocycles. The van der Waals surface area contributed by atoms with E-state index in [0.717, 1.165) is 28.9 Å². The van der Waals surface area contributed by atoms with Crippen molar-refractivity contribution in [2.75, 3.05) is 14.2 Å². The number of aryl methyl sites for hydroxylation is 2. The highest BCUT2D eigenvalue weighted by molar-refractivity contribution is 5.42. The van der Waals surface area contributed by atoms with Gasteiger partial charge in [0, 0.05) is 7.11 Å². The largest absolute Gasteiger partial charge is 0.496 e. The molecule has 0 aromatic heterocycles. The summed E-state index contributed by atoms with van der Waals surface area (Å²) in [6.07, 6.45) is 0.0263. The minimum Gasteiger partial charge on any atom is -0.496 e. The Morgan fingerprint density at radius 3 is 2.29 bits per heavy atom. The molecule has 96 valence electrons. The zero-order valence-corrected chi connectivity index (χ0v) is 11.3. The van der Waals surface area contributed by atoms with E-state index in [1.165, 1.54) is 0 Å². The molecule has 3 heteroatoms. The smallest absolute Gasteiger partial charge is 0.122 e. The second-order valence-corrected chi connectivity index (χ2v) is 4.31. The van der Waals surface area contributed by atoms with Crippen LogP contribution in [-0.2, 0) is 4.74 Å². The Morgan fingerprint density at radius 2 is 1.82 bits per heavy atom. The molecule has 0 saturated carbocycles. The molecular weight excluding hydrogens is 216 g/mol. The molecule has 2 atom stereocenters. The first-order valence-corrected chi connectivity index (χ1v) is 5.91. The normalized spacial score (nSPS) is 14.5. The number of aliphatic hydroxyl groups excluding tert-OH is 1. The van der Waals surface area contributed by atoms with Crippen molar-refractivity contribution < 1.29 is 14.6 Å². The van der Waals surface area contributed by atoms with E-state index in [-0.39, 0.29) is 6.10 Å². The number of hydrogen-bond acceptors (Lipinski definition) is 3. The SMILES string of the molecule is CCC(OC)C(O)c1cc(C)c(OC)cc1C. The summed E-state index contributed by atoms with van der Waals surface area (Å²) in [5, 5.41) is 10.3. The van der Waals surface area contributed by atoms with Gasteiger partial charge in [-0.05, 0) is 49.1 Å². The van der Waals surface area contributed by atoms with Crippen LogP contribution >= 0.6 is 0 Å². The lowest BCUT2D eigenvalue weighted by Gasteiger charge is -2.23. The average Bonchev–Trinajstić information content (AvgIpc) is 2.32. The molecule has 1 N–H and O–H groups in total. The van der Waals surface area contributed by atoms with Crippen LogP contribution in [0.15, 0.2) is 12.1 Å². The lowest BCUT2D eigenvalue weighted by atomic mass is 9.96. The zero-order chi connectivity index (χ0) is 13.0. The molecule has 3 nitrogen and oxygen atoms in total. The Kier molecular flexibility index (Phi) is 4.97. The molecule has 0 fully saturated rings. The lowest BCUT2D eigenvalue weighted by molar-refractivity contribution is -0.0152. The Bertz CT molecular complexity index is 370. The molecule has 0 spiro atoms. The van der Waals surface area contributed by atoms with Gasteiger partial charge in [-0.3, -0.25) is 0 Å². The van der Waals surface area contributed by atoms with Crippen molar-refractivity contribution in [2.24, 2.45) is 0 Å². The number of aliphatic hydroxyl groups is 1. The van der Waals surface area contributed by atoms with Crippen LogP contribution in [-0.4, -0.2) is 25.4 Å². The first-order chi connectivity index (χ1) is 8.04. The summed E-state index contributed by atoms with van der Waals surface area (Å²) in [7, 11) is 3.28. The maximum absolute atomic E-state index is 10.3. The van der Waals surface area contributed by atoms with Crippen LogP contribution in [0, 0.1) is 13.8 Å². The maximum atomic E-state index is 10.3. The predicted molar refractivity (Wildman–Crippen MR) is 68.5 cm³/mol. The van der Waals surface area contributed by atoms with Gasteiger partial charge in [0.05, 0.1) is 13.2 Å². The average molecular weight is 238 g/mol. The summed E-state index contributed by atoms with van der Waals surface area (Å²) >= 11 is 0. The third kappa shape index (κ3) is 2.99. The zero-order valence-electron chi connectivity index (χ0n) is 11.3. The summed E-state index contributed by atoms with van der Waals surface area (Å²) in [5.74, 6) is 0.851. The first kappa shape index (κ1) is 14.0. The highest BCUT2D eigenvalue weighted by Crippen LogP contribution is 2.29. The summed E-state index contributed by atoms with van der Waals surface area (Å²) in [4.78, 5) is 0. The van der Waals surface area contributed by atoms with Gasteiger partial charge >= 0.3 is 0 Å². The third-order valence-corrected chi connectivity index (χ3v) is 3.16. The predicted octanol–water partition coefficient (Wildman–Crippen LogP) is 2.77. The summed E-state index contributed by atoms with van der Waals surface area (Å²) in [6, 6.07) is 3.93. The molecule has 1 aromatic rings. The highest BCUT2D eigenvalue weighted by atomic mass is 16.5. The molecule has 0 aliphatic carbocycles. The van der Waals surface area contributed by atoms with E-state index in [0.29, 0.717) is 0 Å². The lowest BCUT2D eigenvalue weighted by Crippen LogP contribution is -2.20. The van der Waals surface area contributed by atoms with Gasteiger partial charge in [0.25, 0.3) is 0 Å². The van der Waals surface area contributed by atoms with Gasteiger partial charge in [0.2, 0.25) is 0 Å². The second kappa shape index (κ2) is 6.03. The summed E-state index contributed by atoms with van der Waals surface area (Å²) < 4.78 is 10.5. The number of rotatable bonds is 5. The van der Waals surface area contributed by atoms with Crippen LogP contribution in [0.4, 0.5) is 0 Å². The van der Waals surface area contributed by atoms with Gasteiger partial charge < -0.3 is 14.6 Å².